The standard InChI is InChI=1S/C26H24N2S/c1-29-24-15-13-23(14-16-24)28-25(18-26(28)27-22-9-3-2-4-10-22)21-12-11-19-7-5-6-8-20(19)17-21/h2-17,25-27H,18H2,1H3. The summed E-state index contributed by atoms with van der Waals surface area (Å²) in [5.41, 5.74) is 3.81. The van der Waals surface area contributed by atoms with Gasteiger partial charge in [-0.15, -0.1) is 11.8 Å². The highest BCUT2D eigenvalue weighted by Crippen LogP contribution is 2.43. The molecule has 0 spiro atoms. The number of hydrogen-bond acceptors (Lipinski definition) is 3. The average Bonchev–Trinajstić information content (AvgIpc) is 2.77. The Kier molecular flexibility index (Phi) is 4.91. The molecule has 1 aliphatic heterocycles. The molecule has 1 N–H and O–H groups in total. The van der Waals surface area contributed by atoms with Crippen molar-refractivity contribution < 1.29 is 0 Å². The lowest BCUT2D eigenvalue weighted by atomic mass is 9.89. The lowest BCUT2D eigenvalue weighted by molar-refractivity contribution is 0.375. The normalized spacial score (nSPS) is 18.4. The van der Waals surface area contributed by atoms with Crippen LogP contribution in [0.15, 0.2) is 102 Å². The van der Waals surface area contributed by atoms with Gasteiger partial charge in [0.25, 0.3) is 0 Å². The quantitative estimate of drug-likeness (QED) is 0.367. The molecule has 3 heteroatoms. The summed E-state index contributed by atoms with van der Waals surface area (Å²) in [6.07, 6.45) is 3.49. The second-order valence-electron chi connectivity index (χ2n) is 7.49. The molecular formula is C26H24N2S. The predicted molar refractivity (Wildman–Crippen MR) is 126 cm³/mol. The highest BCUT2D eigenvalue weighted by molar-refractivity contribution is 7.98. The SMILES string of the molecule is CSc1ccc(N2C(Nc3ccccc3)CC2c2ccc3ccccc3c2)cc1. The molecule has 0 radical (unpaired) electrons. The van der Waals surface area contributed by atoms with Crippen LogP contribution in [0, 0.1) is 0 Å². The number of fused-ring (bicyclic) bond motifs is 1. The van der Waals surface area contributed by atoms with Gasteiger partial charge in [-0.1, -0.05) is 54.6 Å². The minimum absolute atomic E-state index is 0.286. The summed E-state index contributed by atoms with van der Waals surface area (Å²) in [7, 11) is 0. The molecule has 1 aliphatic rings. The van der Waals surface area contributed by atoms with Crippen molar-refractivity contribution >= 4 is 33.9 Å². The summed E-state index contributed by atoms with van der Waals surface area (Å²) < 4.78 is 0. The van der Waals surface area contributed by atoms with E-state index in [4.69, 9.17) is 0 Å². The van der Waals surface area contributed by atoms with Crippen LogP contribution in [0.25, 0.3) is 10.8 Å². The highest BCUT2D eigenvalue weighted by Gasteiger charge is 2.39. The van der Waals surface area contributed by atoms with Crippen molar-refractivity contribution in [3.63, 3.8) is 0 Å². The third-order valence-corrected chi connectivity index (χ3v) is 6.50. The largest absolute Gasteiger partial charge is 0.365 e. The zero-order valence-corrected chi connectivity index (χ0v) is 17.3. The Morgan fingerprint density at radius 1 is 0.793 bits per heavy atom. The Morgan fingerprint density at radius 2 is 1.52 bits per heavy atom. The number of para-hydroxylation sites is 1. The van der Waals surface area contributed by atoms with E-state index >= 15 is 0 Å². The van der Waals surface area contributed by atoms with Crippen molar-refractivity contribution in [3.8, 4) is 0 Å². The highest BCUT2D eigenvalue weighted by atomic mass is 32.2. The number of nitrogens with zero attached hydrogens (tertiary/aromatic N) is 1. The Balaban J connectivity index is 1.48. The molecule has 0 aromatic heterocycles. The van der Waals surface area contributed by atoms with Crippen LogP contribution < -0.4 is 10.2 Å². The van der Waals surface area contributed by atoms with Gasteiger partial charge in [0.15, 0.2) is 0 Å². The van der Waals surface area contributed by atoms with Crippen molar-refractivity contribution in [1.29, 1.82) is 0 Å². The van der Waals surface area contributed by atoms with Crippen molar-refractivity contribution in [2.45, 2.75) is 23.5 Å². The van der Waals surface area contributed by atoms with Gasteiger partial charge in [-0.25, -0.2) is 0 Å². The van der Waals surface area contributed by atoms with Gasteiger partial charge in [-0.3, -0.25) is 0 Å². The summed E-state index contributed by atoms with van der Waals surface area (Å²) in [6.45, 7) is 0. The fourth-order valence-electron chi connectivity index (χ4n) is 4.20. The molecule has 144 valence electrons. The van der Waals surface area contributed by atoms with Crippen molar-refractivity contribution in [1.82, 2.24) is 0 Å². The van der Waals surface area contributed by atoms with Crippen LogP contribution in [-0.4, -0.2) is 12.4 Å². The van der Waals surface area contributed by atoms with Crippen LogP contribution in [0.2, 0.25) is 0 Å². The molecule has 1 fully saturated rings. The van der Waals surface area contributed by atoms with Crippen LogP contribution in [0.3, 0.4) is 0 Å². The van der Waals surface area contributed by atoms with Crippen LogP contribution in [0.1, 0.15) is 18.0 Å². The average molecular weight is 397 g/mol. The number of anilines is 2. The predicted octanol–water partition coefficient (Wildman–Crippen LogP) is 6.95. The topological polar surface area (TPSA) is 15.3 Å². The molecule has 4 aromatic carbocycles. The summed E-state index contributed by atoms with van der Waals surface area (Å²) in [4.78, 5) is 3.81. The molecule has 2 atom stereocenters. The minimum atomic E-state index is 0.286. The van der Waals surface area contributed by atoms with E-state index in [9.17, 15) is 0 Å². The fourth-order valence-corrected chi connectivity index (χ4v) is 4.61. The van der Waals surface area contributed by atoms with Gasteiger partial charge < -0.3 is 10.2 Å². The van der Waals surface area contributed by atoms with E-state index in [1.54, 1.807) is 11.8 Å². The van der Waals surface area contributed by atoms with E-state index in [1.807, 2.05) is 0 Å². The Bertz CT molecular complexity index is 1110. The lowest BCUT2D eigenvalue weighted by Crippen LogP contribution is -2.54. The van der Waals surface area contributed by atoms with Gasteiger partial charge in [-0.05, 0) is 65.1 Å². The number of rotatable bonds is 5. The maximum absolute atomic E-state index is 3.71. The first-order valence-corrected chi connectivity index (χ1v) is 11.3. The van der Waals surface area contributed by atoms with E-state index < -0.39 is 0 Å². The van der Waals surface area contributed by atoms with Gasteiger partial charge >= 0.3 is 0 Å². The van der Waals surface area contributed by atoms with E-state index in [0.717, 1.165) is 6.42 Å². The second-order valence-corrected chi connectivity index (χ2v) is 8.37. The van der Waals surface area contributed by atoms with Crippen LogP contribution in [0.4, 0.5) is 11.4 Å². The number of nitrogens with one attached hydrogen (secondary N) is 1. The first-order valence-electron chi connectivity index (χ1n) is 10.0. The molecule has 0 amide bonds. The fraction of sp³-hybridized carbons (Fsp3) is 0.154. The molecule has 29 heavy (non-hydrogen) atoms. The van der Waals surface area contributed by atoms with E-state index in [1.165, 1.54) is 32.6 Å². The zero-order chi connectivity index (χ0) is 19.6. The van der Waals surface area contributed by atoms with Gasteiger partial charge in [0.1, 0.15) is 6.17 Å². The van der Waals surface area contributed by atoms with E-state index in [-0.39, 0.29) is 6.17 Å². The summed E-state index contributed by atoms with van der Waals surface area (Å²) >= 11 is 1.78. The summed E-state index contributed by atoms with van der Waals surface area (Å²) in [5.74, 6) is 0. The Morgan fingerprint density at radius 3 is 2.28 bits per heavy atom. The number of benzene rings is 4. The molecule has 0 bridgehead atoms. The molecule has 0 saturated carbocycles. The third kappa shape index (κ3) is 3.58. The third-order valence-electron chi connectivity index (χ3n) is 5.75. The van der Waals surface area contributed by atoms with Crippen molar-refractivity contribution in [3.05, 3.63) is 103 Å². The van der Waals surface area contributed by atoms with Gasteiger partial charge in [-0.2, -0.15) is 0 Å². The molecule has 2 nitrogen and oxygen atoms in total. The second kappa shape index (κ2) is 7.84. The monoisotopic (exact) mass is 396 g/mol. The van der Waals surface area contributed by atoms with Crippen LogP contribution in [0.5, 0.6) is 0 Å². The van der Waals surface area contributed by atoms with E-state index in [0.29, 0.717) is 6.04 Å². The molecule has 4 aromatic rings. The zero-order valence-electron chi connectivity index (χ0n) is 16.5. The van der Waals surface area contributed by atoms with Gasteiger partial charge in [0.05, 0.1) is 6.04 Å². The number of hydrogen-bond donors (Lipinski definition) is 1. The molecule has 0 aliphatic carbocycles. The summed E-state index contributed by atoms with van der Waals surface area (Å²) in [6, 6.07) is 35.3. The maximum Gasteiger partial charge on any atom is 0.102 e. The molecule has 1 saturated heterocycles. The molecule has 2 unspecified atom stereocenters. The maximum atomic E-state index is 3.71. The van der Waals surface area contributed by atoms with E-state index in [2.05, 4.69) is 114 Å². The number of thioether (sulfide) groups is 1. The Labute approximate surface area is 176 Å². The lowest BCUT2D eigenvalue weighted by Gasteiger charge is -2.51. The van der Waals surface area contributed by atoms with Crippen LogP contribution >= 0.6 is 11.8 Å². The first-order chi connectivity index (χ1) is 14.3. The Hall–Kier alpha value is -2.91. The van der Waals surface area contributed by atoms with Gasteiger partial charge in [0, 0.05) is 22.7 Å². The molecule has 5 rings (SSSR count). The molecule has 1 heterocycles. The summed E-state index contributed by atoms with van der Waals surface area (Å²) in [5, 5.41) is 6.32. The smallest absolute Gasteiger partial charge is 0.102 e. The van der Waals surface area contributed by atoms with Crippen molar-refractivity contribution in [2.24, 2.45) is 0 Å². The molecular weight excluding hydrogens is 372 g/mol. The van der Waals surface area contributed by atoms with Crippen LogP contribution in [-0.2, 0) is 0 Å². The van der Waals surface area contributed by atoms with Crippen molar-refractivity contribution in [2.75, 3.05) is 16.5 Å². The van der Waals surface area contributed by atoms with Gasteiger partial charge in [0.2, 0.25) is 0 Å². The first kappa shape index (κ1) is 18.1. The minimum Gasteiger partial charge on any atom is -0.365 e.